The SMILES string of the molecule is CCN(CC)CCN(C(C)=O)[C@@H]1CCN(c2ccc(NC(=O)N3CCC(c4ccc(I)cc4)CC3)cc2)C1. The first-order valence-corrected chi connectivity index (χ1v) is 15.1. The van der Waals surface area contributed by atoms with Gasteiger partial charge in [0.15, 0.2) is 0 Å². The lowest BCUT2D eigenvalue weighted by Crippen LogP contribution is -2.45. The van der Waals surface area contributed by atoms with Crippen LogP contribution in [0.1, 0.15) is 51.5 Å². The van der Waals surface area contributed by atoms with E-state index in [1.807, 2.05) is 17.0 Å². The summed E-state index contributed by atoms with van der Waals surface area (Å²) < 4.78 is 1.25. The van der Waals surface area contributed by atoms with Crippen molar-refractivity contribution >= 4 is 45.9 Å². The van der Waals surface area contributed by atoms with E-state index in [9.17, 15) is 9.59 Å². The number of rotatable bonds is 9. The van der Waals surface area contributed by atoms with Crippen LogP contribution in [-0.4, -0.2) is 85.0 Å². The Hall–Kier alpha value is -2.33. The topological polar surface area (TPSA) is 59.1 Å². The maximum absolute atomic E-state index is 12.9. The van der Waals surface area contributed by atoms with Gasteiger partial charge >= 0.3 is 6.03 Å². The molecule has 1 atom stereocenters. The number of urea groups is 1. The smallest absolute Gasteiger partial charge is 0.321 e. The van der Waals surface area contributed by atoms with Crippen molar-refractivity contribution in [2.24, 2.45) is 0 Å². The fourth-order valence-electron chi connectivity index (χ4n) is 5.73. The molecule has 2 aromatic carbocycles. The highest BCUT2D eigenvalue weighted by atomic mass is 127. The van der Waals surface area contributed by atoms with Gasteiger partial charge in [0.05, 0.1) is 6.04 Å². The molecule has 0 aliphatic carbocycles. The van der Waals surface area contributed by atoms with E-state index in [1.165, 1.54) is 9.13 Å². The highest BCUT2D eigenvalue weighted by molar-refractivity contribution is 14.1. The molecule has 7 nitrogen and oxygen atoms in total. The lowest BCUT2D eigenvalue weighted by molar-refractivity contribution is -0.131. The Balaban J connectivity index is 1.26. The molecule has 0 aromatic heterocycles. The Morgan fingerprint density at radius 1 is 0.921 bits per heavy atom. The number of amides is 3. The van der Waals surface area contributed by atoms with E-state index in [1.54, 1.807) is 6.92 Å². The zero-order valence-electron chi connectivity index (χ0n) is 23.0. The third-order valence-electron chi connectivity index (χ3n) is 8.17. The molecule has 2 aliphatic rings. The summed E-state index contributed by atoms with van der Waals surface area (Å²) in [5.41, 5.74) is 3.33. The molecule has 8 heteroatoms. The molecule has 0 unspecified atom stereocenters. The minimum absolute atomic E-state index is 0.0228. The summed E-state index contributed by atoms with van der Waals surface area (Å²) in [7, 11) is 0. The second kappa shape index (κ2) is 13.6. The van der Waals surface area contributed by atoms with E-state index < -0.39 is 0 Å². The van der Waals surface area contributed by atoms with Crippen LogP contribution >= 0.6 is 22.6 Å². The lowest BCUT2D eigenvalue weighted by atomic mass is 9.90. The molecule has 0 spiro atoms. The molecule has 206 valence electrons. The summed E-state index contributed by atoms with van der Waals surface area (Å²) in [5, 5.41) is 3.08. The summed E-state index contributed by atoms with van der Waals surface area (Å²) in [5.74, 6) is 0.681. The van der Waals surface area contributed by atoms with Crippen molar-refractivity contribution in [3.05, 3.63) is 57.7 Å². The highest BCUT2D eigenvalue weighted by Crippen LogP contribution is 2.29. The van der Waals surface area contributed by atoms with Crippen LogP contribution < -0.4 is 10.2 Å². The van der Waals surface area contributed by atoms with E-state index in [4.69, 9.17) is 0 Å². The van der Waals surface area contributed by atoms with Crippen LogP contribution in [-0.2, 0) is 4.79 Å². The van der Waals surface area contributed by atoms with Gasteiger partial charge in [0.1, 0.15) is 0 Å². The summed E-state index contributed by atoms with van der Waals surface area (Å²) in [6, 6.07) is 17.1. The van der Waals surface area contributed by atoms with Crippen molar-refractivity contribution in [2.45, 2.75) is 52.0 Å². The predicted molar refractivity (Wildman–Crippen MR) is 164 cm³/mol. The predicted octanol–water partition coefficient (Wildman–Crippen LogP) is 5.47. The normalized spacial score (nSPS) is 18.2. The molecule has 2 saturated heterocycles. The number of anilines is 2. The average Bonchev–Trinajstić information content (AvgIpc) is 3.41. The monoisotopic (exact) mass is 631 g/mol. The van der Waals surface area contributed by atoms with Gasteiger partial charge in [0.2, 0.25) is 5.91 Å². The molecule has 38 heavy (non-hydrogen) atoms. The minimum Gasteiger partial charge on any atom is -0.369 e. The van der Waals surface area contributed by atoms with Crippen molar-refractivity contribution in [3.8, 4) is 0 Å². The van der Waals surface area contributed by atoms with Crippen molar-refractivity contribution < 1.29 is 9.59 Å². The number of likely N-dealkylation sites (tertiary alicyclic amines) is 1. The number of carbonyl (C=O) groups is 2. The maximum atomic E-state index is 12.9. The number of carbonyl (C=O) groups excluding carboxylic acids is 2. The number of halogens is 1. The van der Waals surface area contributed by atoms with E-state index in [2.05, 4.69) is 92.9 Å². The van der Waals surface area contributed by atoms with Gasteiger partial charge in [-0.25, -0.2) is 4.79 Å². The van der Waals surface area contributed by atoms with Crippen LogP contribution in [0.3, 0.4) is 0 Å². The number of nitrogens with zero attached hydrogens (tertiary/aromatic N) is 4. The Bertz CT molecular complexity index is 1050. The fourth-order valence-corrected chi connectivity index (χ4v) is 6.09. The molecule has 0 radical (unpaired) electrons. The molecule has 0 bridgehead atoms. The molecular formula is C30H42IN5O2. The average molecular weight is 632 g/mol. The van der Waals surface area contributed by atoms with E-state index in [0.717, 1.165) is 83.0 Å². The van der Waals surface area contributed by atoms with Crippen molar-refractivity contribution in [1.29, 1.82) is 0 Å². The Morgan fingerprint density at radius 3 is 2.18 bits per heavy atom. The van der Waals surface area contributed by atoms with Crippen LogP contribution in [0.25, 0.3) is 0 Å². The molecular weight excluding hydrogens is 589 g/mol. The summed E-state index contributed by atoms with van der Waals surface area (Å²) >= 11 is 2.34. The first-order valence-electron chi connectivity index (χ1n) is 14.0. The molecule has 2 heterocycles. The van der Waals surface area contributed by atoms with Crippen LogP contribution in [0.5, 0.6) is 0 Å². The van der Waals surface area contributed by atoms with Gasteiger partial charge < -0.3 is 24.9 Å². The standard InChI is InChI=1S/C30H42IN5O2/c1-4-33(5-2)20-21-36(23(3)37)29-16-19-35(22-29)28-12-10-27(11-13-28)32-30(38)34-17-14-25(15-18-34)24-6-8-26(31)9-7-24/h6-13,25,29H,4-5,14-22H2,1-3H3,(H,32,38)/t29-/m1/s1. The van der Waals surface area contributed by atoms with Crippen LogP contribution in [0.15, 0.2) is 48.5 Å². The number of nitrogens with one attached hydrogen (secondary N) is 1. The quantitative estimate of drug-likeness (QED) is 0.373. The molecule has 2 aliphatic heterocycles. The molecule has 3 amide bonds. The van der Waals surface area contributed by atoms with Crippen molar-refractivity contribution in [2.75, 3.05) is 62.6 Å². The highest BCUT2D eigenvalue weighted by Gasteiger charge is 2.30. The zero-order valence-corrected chi connectivity index (χ0v) is 25.2. The first kappa shape index (κ1) is 28.7. The van der Waals surface area contributed by atoms with Gasteiger partial charge in [-0.2, -0.15) is 0 Å². The van der Waals surface area contributed by atoms with Gasteiger partial charge in [-0.05, 0) is 103 Å². The second-order valence-corrected chi connectivity index (χ2v) is 11.7. The van der Waals surface area contributed by atoms with E-state index >= 15 is 0 Å². The number of hydrogen-bond acceptors (Lipinski definition) is 4. The van der Waals surface area contributed by atoms with Gasteiger partial charge in [-0.3, -0.25) is 4.79 Å². The molecule has 4 rings (SSSR count). The zero-order chi connectivity index (χ0) is 27.1. The number of likely N-dealkylation sites (N-methyl/N-ethyl adjacent to an activating group) is 1. The second-order valence-electron chi connectivity index (χ2n) is 10.4. The largest absolute Gasteiger partial charge is 0.369 e. The first-order chi connectivity index (χ1) is 18.4. The van der Waals surface area contributed by atoms with Crippen LogP contribution in [0.4, 0.5) is 16.2 Å². The molecule has 2 aromatic rings. The van der Waals surface area contributed by atoms with E-state index in [0.29, 0.717) is 5.92 Å². The van der Waals surface area contributed by atoms with E-state index in [-0.39, 0.29) is 18.0 Å². The number of benzene rings is 2. The Labute approximate surface area is 241 Å². The van der Waals surface area contributed by atoms with Gasteiger partial charge in [-0.1, -0.05) is 26.0 Å². The number of hydrogen-bond donors (Lipinski definition) is 1. The molecule has 1 N–H and O–H groups in total. The Morgan fingerprint density at radius 2 is 1.58 bits per heavy atom. The minimum atomic E-state index is -0.0228. The van der Waals surface area contributed by atoms with Gasteiger partial charge in [0.25, 0.3) is 0 Å². The third-order valence-corrected chi connectivity index (χ3v) is 8.89. The molecule has 2 fully saturated rings. The van der Waals surface area contributed by atoms with Gasteiger partial charge in [-0.15, -0.1) is 0 Å². The number of piperidine rings is 1. The van der Waals surface area contributed by atoms with Crippen LogP contribution in [0.2, 0.25) is 0 Å². The summed E-state index contributed by atoms with van der Waals surface area (Å²) in [6.45, 7) is 13.1. The summed E-state index contributed by atoms with van der Waals surface area (Å²) in [4.78, 5) is 34.0. The fraction of sp³-hybridized carbons (Fsp3) is 0.533. The van der Waals surface area contributed by atoms with Crippen molar-refractivity contribution in [1.82, 2.24) is 14.7 Å². The third kappa shape index (κ3) is 7.40. The van der Waals surface area contributed by atoms with Crippen molar-refractivity contribution in [3.63, 3.8) is 0 Å². The molecule has 0 saturated carbocycles. The Kier molecular flexibility index (Phi) is 10.3. The maximum Gasteiger partial charge on any atom is 0.321 e. The van der Waals surface area contributed by atoms with Gasteiger partial charge in [0, 0.05) is 61.1 Å². The van der Waals surface area contributed by atoms with Crippen LogP contribution in [0, 0.1) is 3.57 Å². The lowest BCUT2D eigenvalue weighted by Gasteiger charge is -2.32. The summed E-state index contributed by atoms with van der Waals surface area (Å²) in [6.07, 6.45) is 2.97.